The van der Waals surface area contributed by atoms with Crippen molar-refractivity contribution in [1.82, 2.24) is 10.2 Å². The summed E-state index contributed by atoms with van der Waals surface area (Å²) in [4.78, 5) is 12.9. The van der Waals surface area contributed by atoms with E-state index in [1.165, 1.54) is 0 Å². The number of hydrogen-bond acceptors (Lipinski definition) is 2. The molecule has 0 spiro atoms. The van der Waals surface area contributed by atoms with Crippen LogP contribution in [0.25, 0.3) is 0 Å². The zero-order valence-electron chi connectivity index (χ0n) is 8.13. The smallest absolute Gasteiger partial charge is 0.317 e. The van der Waals surface area contributed by atoms with Gasteiger partial charge in [-0.05, 0) is 26.8 Å². The van der Waals surface area contributed by atoms with Crippen molar-refractivity contribution >= 4 is 6.03 Å². The van der Waals surface area contributed by atoms with E-state index in [2.05, 4.69) is 5.32 Å². The van der Waals surface area contributed by atoms with Crippen LogP contribution in [0.1, 0.15) is 20.3 Å². The lowest BCUT2D eigenvalue weighted by atomic mass is 10.4. The molecule has 72 valence electrons. The van der Waals surface area contributed by atoms with Gasteiger partial charge in [0.25, 0.3) is 0 Å². The highest BCUT2D eigenvalue weighted by atomic mass is 16.2. The molecule has 4 heteroatoms. The predicted molar refractivity (Wildman–Crippen MR) is 50.0 cm³/mol. The summed E-state index contributed by atoms with van der Waals surface area (Å²) in [6, 6.07) is 0.163. The van der Waals surface area contributed by atoms with Gasteiger partial charge in [-0.15, -0.1) is 0 Å². The summed E-state index contributed by atoms with van der Waals surface area (Å²) in [5.74, 6) is 0. The summed E-state index contributed by atoms with van der Waals surface area (Å²) in [6.07, 6.45) is 0.849. The van der Waals surface area contributed by atoms with Gasteiger partial charge in [0.1, 0.15) is 0 Å². The molecule has 0 aromatic heterocycles. The minimum atomic E-state index is -0.0292. The number of nitrogens with two attached hydrogens (primary N) is 1. The lowest BCUT2D eigenvalue weighted by molar-refractivity contribution is 0.206. The van der Waals surface area contributed by atoms with Crippen molar-refractivity contribution in [3.05, 3.63) is 0 Å². The van der Waals surface area contributed by atoms with E-state index in [9.17, 15) is 4.79 Å². The maximum Gasteiger partial charge on any atom is 0.317 e. The number of carbonyl (C=O) groups excluding carboxylic acids is 1. The van der Waals surface area contributed by atoms with Gasteiger partial charge in [0, 0.05) is 19.6 Å². The fourth-order valence-electron chi connectivity index (χ4n) is 0.787. The quantitative estimate of drug-likeness (QED) is 0.646. The van der Waals surface area contributed by atoms with Crippen LogP contribution in [0.15, 0.2) is 0 Å². The van der Waals surface area contributed by atoms with Gasteiger partial charge in [-0.2, -0.15) is 0 Å². The maximum absolute atomic E-state index is 11.2. The first kappa shape index (κ1) is 11.2. The number of rotatable bonds is 4. The zero-order valence-corrected chi connectivity index (χ0v) is 8.13. The molecule has 3 N–H and O–H groups in total. The molecule has 0 atom stereocenters. The van der Waals surface area contributed by atoms with Crippen LogP contribution in [0, 0.1) is 0 Å². The molecule has 4 nitrogen and oxygen atoms in total. The first-order valence-electron chi connectivity index (χ1n) is 4.29. The average molecular weight is 173 g/mol. The highest BCUT2D eigenvalue weighted by Gasteiger charge is 2.07. The third kappa shape index (κ3) is 4.96. The third-order valence-electron chi connectivity index (χ3n) is 1.46. The van der Waals surface area contributed by atoms with E-state index in [1.54, 1.807) is 11.9 Å². The summed E-state index contributed by atoms with van der Waals surface area (Å²) < 4.78 is 0. The topological polar surface area (TPSA) is 58.4 Å². The van der Waals surface area contributed by atoms with Gasteiger partial charge in [0.05, 0.1) is 0 Å². The number of nitrogens with one attached hydrogen (secondary N) is 1. The lowest BCUT2D eigenvalue weighted by Crippen LogP contribution is -2.41. The number of nitrogens with zero attached hydrogens (tertiary/aromatic N) is 1. The summed E-state index contributed by atoms with van der Waals surface area (Å²) in [6.45, 7) is 5.22. The van der Waals surface area contributed by atoms with Gasteiger partial charge in [-0.25, -0.2) is 4.79 Å². The van der Waals surface area contributed by atoms with Gasteiger partial charge < -0.3 is 16.0 Å². The number of hydrogen-bond donors (Lipinski definition) is 2. The van der Waals surface area contributed by atoms with Crippen molar-refractivity contribution in [2.24, 2.45) is 5.73 Å². The molecule has 0 aliphatic carbocycles. The Morgan fingerprint density at radius 2 is 2.17 bits per heavy atom. The van der Waals surface area contributed by atoms with E-state index in [0.717, 1.165) is 13.0 Å². The molecule has 0 bridgehead atoms. The van der Waals surface area contributed by atoms with Crippen LogP contribution in [0.2, 0.25) is 0 Å². The van der Waals surface area contributed by atoms with E-state index in [0.29, 0.717) is 6.54 Å². The molecular weight excluding hydrogens is 154 g/mol. The molecule has 0 aliphatic rings. The minimum Gasteiger partial charge on any atom is -0.336 e. The molecule has 0 heterocycles. The minimum absolute atomic E-state index is 0.0292. The number of carbonyl (C=O) groups is 1. The first-order chi connectivity index (χ1) is 5.57. The summed E-state index contributed by atoms with van der Waals surface area (Å²) >= 11 is 0. The van der Waals surface area contributed by atoms with Crippen LogP contribution >= 0.6 is 0 Å². The second kappa shape index (κ2) is 5.83. The predicted octanol–water partition coefficient (Wildman–Crippen LogP) is 0.385. The van der Waals surface area contributed by atoms with Crippen LogP contribution in [-0.4, -0.2) is 37.1 Å². The van der Waals surface area contributed by atoms with Crippen LogP contribution in [0.3, 0.4) is 0 Å². The molecule has 0 fully saturated rings. The Bertz CT molecular complexity index is 136. The van der Waals surface area contributed by atoms with Gasteiger partial charge in [-0.3, -0.25) is 0 Å². The Balaban J connectivity index is 3.61. The van der Waals surface area contributed by atoms with Crippen LogP contribution in [0.5, 0.6) is 0 Å². The van der Waals surface area contributed by atoms with Gasteiger partial charge in [-0.1, -0.05) is 0 Å². The molecule has 0 aromatic rings. The van der Waals surface area contributed by atoms with E-state index < -0.39 is 0 Å². The molecule has 0 rings (SSSR count). The van der Waals surface area contributed by atoms with Crippen molar-refractivity contribution in [1.29, 1.82) is 0 Å². The van der Waals surface area contributed by atoms with Gasteiger partial charge in [0.15, 0.2) is 0 Å². The Morgan fingerprint density at radius 1 is 1.58 bits per heavy atom. The highest BCUT2D eigenvalue weighted by Crippen LogP contribution is 1.88. The molecule has 0 saturated carbocycles. The third-order valence-corrected chi connectivity index (χ3v) is 1.46. The number of amides is 2. The van der Waals surface area contributed by atoms with Gasteiger partial charge in [0.2, 0.25) is 0 Å². The van der Waals surface area contributed by atoms with Crippen molar-refractivity contribution in [2.45, 2.75) is 26.3 Å². The summed E-state index contributed by atoms with van der Waals surface area (Å²) in [5.41, 5.74) is 5.32. The van der Waals surface area contributed by atoms with Crippen LogP contribution in [-0.2, 0) is 0 Å². The summed E-state index contributed by atoms with van der Waals surface area (Å²) in [5, 5.41) is 2.80. The molecule has 0 aromatic carbocycles. The standard InChI is InChI=1S/C8H19N3O/c1-7(2)10-8(12)11(3)6-4-5-9/h7H,4-6,9H2,1-3H3,(H,10,12). The second-order valence-electron chi connectivity index (χ2n) is 3.17. The van der Waals surface area contributed by atoms with Gasteiger partial charge >= 0.3 is 6.03 Å². The first-order valence-corrected chi connectivity index (χ1v) is 4.29. The molecule has 0 saturated heterocycles. The second-order valence-corrected chi connectivity index (χ2v) is 3.17. The van der Waals surface area contributed by atoms with Crippen LogP contribution < -0.4 is 11.1 Å². The Morgan fingerprint density at radius 3 is 2.58 bits per heavy atom. The highest BCUT2D eigenvalue weighted by molar-refractivity contribution is 5.74. The fourth-order valence-corrected chi connectivity index (χ4v) is 0.787. The SMILES string of the molecule is CC(C)NC(=O)N(C)CCCN. The monoisotopic (exact) mass is 173 g/mol. The molecule has 0 aliphatic heterocycles. The molecule has 12 heavy (non-hydrogen) atoms. The van der Waals surface area contributed by atoms with Crippen molar-refractivity contribution in [3.63, 3.8) is 0 Å². The molecular formula is C8H19N3O. The molecule has 0 radical (unpaired) electrons. The van der Waals surface area contributed by atoms with E-state index in [4.69, 9.17) is 5.73 Å². The van der Waals surface area contributed by atoms with E-state index in [-0.39, 0.29) is 12.1 Å². The normalized spacial score (nSPS) is 10.1. The Hall–Kier alpha value is -0.770. The number of urea groups is 1. The van der Waals surface area contributed by atoms with Crippen LogP contribution in [0.4, 0.5) is 4.79 Å². The Labute approximate surface area is 74.1 Å². The van der Waals surface area contributed by atoms with Crippen molar-refractivity contribution in [2.75, 3.05) is 20.1 Å². The fraction of sp³-hybridized carbons (Fsp3) is 0.875. The average Bonchev–Trinajstić information content (AvgIpc) is 1.98. The molecule has 2 amide bonds. The van der Waals surface area contributed by atoms with Crippen molar-refractivity contribution < 1.29 is 4.79 Å². The maximum atomic E-state index is 11.2. The zero-order chi connectivity index (χ0) is 9.56. The largest absolute Gasteiger partial charge is 0.336 e. The summed E-state index contributed by atoms with van der Waals surface area (Å²) in [7, 11) is 1.77. The van der Waals surface area contributed by atoms with Crippen molar-refractivity contribution in [3.8, 4) is 0 Å². The Kier molecular flexibility index (Phi) is 5.45. The molecule has 0 unspecified atom stereocenters. The van der Waals surface area contributed by atoms with E-state index >= 15 is 0 Å². The lowest BCUT2D eigenvalue weighted by Gasteiger charge is -2.19. The van der Waals surface area contributed by atoms with E-state index in [1.807, 2.05) is 13.8 Å².